The smallest absolute Gasteiger partial charge is 0.317 e. The zero-order valence-electron chi connectivity index (χ0n) is 10.5. The van der Waals surface area contributed by atoms with Gasteiger partial charge >= 0.3 is 5.97 Å². The van der Waals surface area contributed by atoms with E-state index in [0.29, 0.717) is 12.1 Å². The highest BCUT2D eigenvalue weighted by Gasteiger charge is 2.18. The molecule has 0 amide bonds. The Labute approximate surface area is 105 Å². The van der Waals surface area contributed by atoms with Gasteiger partial charge in [-0.1, -0.05) is 6.92 Å². The Morgan fingerprint density at radius 2 is 1.89 bits per heavy atom. The van der Waals surface area contributed by atoms with Gasteiger partial charge in [0.2, 0.25) is 0 Å². The minimum atomic E-state index is -0.952. The van der Waals surface area contributed by atoms with Crippen molar-refractivity contribution in [2.75, 3.05) is 13.1 Å². The molecule has 0 aromatic heterocycles. The van der Waals surface area contributed by atoms with Gasteiger partial charge < -0.3 is 5.11 Å². The molecule has 1 atom stereocenters. The van der Waals surface area contributed by atoms with E-state index in [9.17, 15) is 13.6 Å². The highest BCUT2D eigenvalue weighted by molar-refractivity contribution is 5.69. The van der Waals surface area contributed by atoms with Gasteiger partial charge in [0.1, 0.15) is 11.6 Å². The first-order chi connectivity index (χ1) is 8.43. The van der Waals surface area contributed by atoms with Crippen molar-refractivity contribution in [3.8, 4) is 0 Å². The molecule has 100 valence electrons. The normalized spacial score (nSPS) is 12.7. The Bertz CT molecular complexity index is 403. The summed E-state index contributed by atoms with van der Waals surface area (Å²) in [6, 6.07) is 2.93. The molecule has 0 saturated heterocycles. The third-order valence-corrected chi connectivity index (χ3v) is 2.76. The van der Waals surface area contributed by atoms with Crippen molar-refractivity contribution in [2.45, 2.75) is 26.3 Å². The third-order valence-electron chi connectivity index (χ3n) is 2.76. The van der Waals surface area contributed by atoms with Gasteiger partial charge in [-0.2, -0.15) is 0 Å². The average molecular weight is 257 g/mol. The third kappa shape index (κ3) is 4.07. The Balaban J connectivity index is 2.93. The summed E-state index contributed by atoms with van der Waals surface area (Å²) < 4.78 is 26.3. The van der Waals surface area contributed by atoms with Gasteiger partial charge in [-0.25, -0.2) is 8.78 Å². The number of hydrogen-bond acceptors (Lipinski definition) is 2. The first-order valence-electron chi connectivity index (χ1n) is 5.86. The summed E-state index contributed by atoms with van der Waals surface area (Å²) in [5, 5.41) is 8.83. The molecule has 0 fully saturated rings. The number of carboxylic acid groups (broad SMARTS) is 1. The summed E-state index contributed by atoms with van der Waals surface area (Å²) in [5.41, 5.74) is 0.446. The summed E-state index contributed by atoms with van der Waals surface area (Å²) >= 11 is 0. The van der Waals surface area contributed by atoms with E-state index < -0.39 is 17.6 Å². The van der Waals surface area contributed by atoms with E-state index >= 15 is 0 Å². The van der Waals surface area contributed by atoms with Crippen molar-refractivity contribution in [3.05, 3.63) is 35.4 Å². The second kappa shape index (κ2) is 6.44. The van der Waals surface area contributed by atoms with Crippen LogP contribution < -0.4 is 0 Å². The van der Waals surface area contributed by atoms with Crippen molar-refractivity contribution in [3.63, 3.8) is 0 Å². The molecule has 5 heteroatoms. The second-order valence-electron chi connectivity index (χ2n) is 4.24. The molecule has 0 radical (unpaired) electrons. The number of halogens is 2. The fourth-order valence-electron chi connectivity index (χ4n) is 1.90. The van der Waals surface area contributed by atoms with E-state index in [0.717, 1.165) is 12.5 Å². The summed E-state index contributed by atoms with van der Waals surface area (Å²) in [6.45, 7) is 4.08. The Morgan fingerprint density at radius 3 is 2.33 bits per heavy atom. The van der Waals surface area contributed by atoms with Gasteiger partial charge in [0.25, 0.3) is 0 Å². The van der Waals surface area contributed by atoms with Crippen LogP contribution in [0.1, 0.15) is 31.9 Å². The van der Waals surface area contributed by atoms with Crippen molar-refractivity contribution in [2.24, 2.45) is 0 Å². The first-order valence-corrected chi connectivity index (χ1v) is 5.86. The fourth-order valence-corrected chi connectivity index (χ4v) is 1.90. The lowest BCUT2D eigenvalue weighted by molar-refractivity contribution is -0.138. The summed E-state index contributed by atoms with van der Waals surface area (Å²) in [4.78, 5) is 12.4. The van der Waals surface area contributed by atoms with Gasteiger partial charge in [0.15, 0.2) is 0 Å². The molecule has 0 bridgehead atoms. The van der Waals surface area contributed by atoms with Crippen LogP contribution in [-0.2, 0) is 4.79 Å². The molecule has 0 aliphatic heterocycles. The number of carboxylic acids is 1. The Morgan fingerprint density at radius 1 is 1.33 bits per heavy atom. The molecule has 0 aliphatic carbocycles. The van der Waals surface area contributed by atoms with Crippen LogP contribution in [0.4, 0.5) is 8.78 Å². The number of nitrogens with zero attached hydrogens (tertiary/aromatic N) is 1. The number of rotatable bonds is 6. The molecule has 18 heavy (non-hydrogen) atoms. The second-order valence-corrected chi connectivity index (χ2v) is 4.24. The van der Waals surface area contributed by atoms with Crippen LogP contribution in [0.15, 0.2) is 18.2 Å². The van der Waals surface area contributed by atoms with Crippen LogP contribution in [0.3, 0.4) is 0 Å². The van der Waals surface area contributed by atoms with Gasteiger partial charge in [0, 0.05) is 12.1 Å². The molecule has 1 unspecified atom stereocenters. The van der Waals surface area contributed by atoms with Crippen LogP contribution in [0.5, 0.6) is 0 Å². The number of aliphatic carboxylic acids is 1. The summed E-state index contributed by atoms with van der Waals surface area (Å²) in [7, 11) is 0. The molecule has 1 aromatic carbocycles. The van der Waals surface area contributed by atoms with Crippen molar-refractivity contribution < 1.29 is 18.7 Å². The van der Waals surface area contributed by atoms with E-state index in [1.165, 1.54) is 12.1 Å². The zero-order valence-corrected chi connectivity index (χ0v) is 10.5. The van der Waals surface area contributed by atoms with Crippen molar-refractivity contribution in [1.29, 1.82) is 0 Å². The quantitative estimate of drug-likeness (QED) is 0.852. The molecule has 0 saturated carbocycles. The molecular formula is C13H17F2NO2. The van der Waals surface area contributed by atoms with E-state index in [1.807, 2.05) is 6.92 Å². The lowest BCUT2D eigenvalue weighted by Crippen LogP contribution is -2.33. The van der Waals surface area contributed by atoms with Gasteiger partial charge in [-0.05, 0) is 37.6 Å². The monoisotopic (exact) mass is 257 g/mol. The van der Waals surface area contributed by atoms with E-state index in [4.69, 9.17) is 5.11 Å². The zero-order chi connectivity index (χ0) is 13.7. The Kier molecular flexibility index (Phi) is 5.22. The maximum Gasteiger partial charge on any atom is 0.317 e. The maximum absolute atomic E-state index is 13.1. The van der Waals surface area contributed by atoms with Crippen molar-refractivity contribution >= 4 is 5.97 Å². The van der Waals surface area contributed by atoms with E-state index in [1.54, 1.807) is 11.8 Å². The standard InChI is InChI=1S/C13H17F2NO2/c1-3-4-16(8-13(17)18)9(2)10-5-11(14)7-12(15)6-10/h5-7,9H,3-4,8H2,1-2H3,(H,17,18). The van der Waals surface area contributed by atoms with E-state index in [2.05, 4.69) is 0 Å². The van der Waals surface area contributed by atoms with Crippen molar-refractivity contribution in [1.82, 2.24) is 4.90 Å². The SMILES string of the molecule is CCCN(CC(=O)O)C(C)c1cc(F)cc(F)c1. The Hall–Kier alpha value is -1.49. The number of carbonyl (C=O) groups is 1. The highest BCUT2D eigenvalue weighted by atomic mass is 19.1. The fraction of sp³-hybridized carbons (Fsp3) is 0.462. The predicted octanol–water partition coefficient (Wildman–Crippen LogP) is 2.82. The van der Waals surface area contributed by atoms with Crippen LogP contribution >= 0.6 is 0 Å². The van der Waals surface area contributed by atoms with Gasteiger partial charge in [-0.3, -0.25) is 9.69 Å². The first kappa shape index (κ1) is 14.6. The lowest BCUT2D eigenvalue weighted by Gasteiger charge is -2.27. The van der Waals surface area contributed by atoms with Crippen LogP contribution in [-0.4, -0.2) is 29.1 Å². The maximum atomic E-state index is 13.1. The molecule has 1 rings (SSSR count). The molecule has 0 spiro atoms. The van der Waals surface area contributed by atoms with E-state index in [-0.39, 0.29) is 12.6 Å². The molecule has 0 heterocycles. The average Bonchev–Trinajstić information content (AvgIpc) is 2.25. The molecule has 0 aliphatic rings. The van der Waals surface area contributed by atoms with Gasteiger partial charge in [-0.15, -0.1) is 0 Å². The largest absolute Gasteiger partial charge is 0.480 e. The van der Waals surface area contributed by atoms with Crippen LogP contribution in [0, 0.1) is 11.6 Å². The number of benzene rings is 1. The predicted molar refractivity (Wildman–Crippen MR) is 64.3 cm³/mol. The summed E-state index contributed by atoms with van der Waals surface area (Å²) in [6.07, 6.45) is 0.773. The minimum Gasteiger partial charge on any atom is -0.480 e. The number of hydrogen-bond donors (Lipinski definition) is 1. The lowest BCUT2D eigenvalue weighted by atomic mass is 10.1. The summed E-state index contributed by atoms with van der Waals surface area (Å²) in [5.74, 6) is -2.25. The van der Waals surface area contributed by atoms with Crippen LogP contribution in [0.2, 0.25) is 0 Å². The molecular weight excluding hydrogens is 240 g/mol. The van der Waals surface area contributed by atoms with Crippen LogP contribution in [0.25, 0.3) is 0 Å². The highest BCUT2D eigenvalue weighted by Crippen LogP contribution is 2.22. The molecule has 1 aromatic rings. The molecule has 1 N–H and O–H groups in total. The van der Waals surface area contributed by atoms with Gasteiger partial charge in [0.05, 0.1) is 6.54 Å². The molecule has 3 nitrogen and oxygen atoms in total. The topological polar surface area (TPSA) is 40.5 Å². The minimum absolute atomic E-state index is 0.146.